The van der Waals surface area contributed by atoms with Gasteiger partial charge in [-0.2, -0.15) is 0 Å². The van der Waals surface area contributed by atoms with E-state index in [4.69, 9.17) is 9.15 Å². The summed E-state index contributed by atoms with van der Waals surface area (Å²) < 4.78 is 26.5. The second kappa shape index (κ2) is 9.09. The van der Waals surface area contributed by atoms with E-state index < -0.39 is 17.8 Å². The van der Waals surface area contributed by atoms with E-state index in [0.717, 1.165) is 0 Å². The zero-order valence-electron chi connectivity index (χ0n) is 16.4. The fourth-order valence-corrected chi connectivity index (χ4v) is 3.46. The Morgan fingerprint density at radius 2 is 1.81 bits per heavy atom. The van der Waals surface area contributed by atoms with Crippen molar-refractivity contribution in [1.29, 1.82) is 0 Å². The molecule has 3 aromatic carbocycles. The van der Waals surface area contributed by atoms with Crippen LogP contribution in [0.15, 0.2) is 81.7 Å². The van der Waals surface area contributed by atoms with Crippen molar-refractivity contribution in [2.75, 3.05) is 7.11 Å². The molecule has 0 saturated heterocycles. The van der Waals surface area contributed by atoms with Crippen LogP contribution < -0.4 is 10.1 Å². The highest BCUT2D eigenvalue weighted by molar-refractivity contribution is 9.10. The molecule has 0 aliphatic rings. The van der Waals surface area contributed by atoms with Gasteiger partial charge in [0.2, 0.25) is 11.8 Å². The topological polar surface area (TPSA) is 77.2 Å². The Hall–Kier alpha value is -3.52. The zero-order chi connectivity index (χ0) is 21.8. The second-order valence-corrected chi connectivity index (χ2v) is 7.50. The van der Waals surface area contributed by atoms with Crippen LogP contribution in [-0.2, 0) is 0 Å². The summed E-state index contributed by atoms with van der Waals surface area (Å²) in [4.78, 5) is 13.1. The third-order valence-corrected chi connectivity index (χ3v) is 5.10. The fourth-order valence-electron chi connectivity index (χ4n) is 3.10. The summed E-state index contributed by atoms with van der Waals surface area (Å²) in [6, 6.07) is 19.3. The van der Waals surface area contributed by atoms with Gasteiger partial charge in [-0.3, -0.25) is 4.79 Å². The molecule has 1 atom stereocenters. The van der Waals surface area contributed by atoms with Crippen molar-refractivity contribution in [3.05, 3.63) is 100 Å². The molecule has 0 bridgehead atoms. The van der Waals surface area contributed by atoms with Crippen molar-refractivity contribution in [3.8, 4) is 17.2 Å². The van der Waals surface area contributed by atoms with E-state index in [1.54, 1.807) is 36.4 Å². The van der Waals surface area contributed by atoms with E-state index >= 15 is 0 Å². The van der Waals surface area contributed by atoms with Gasteiger partial charge in [0.15, 0.2) is 0 Å². The third kappa shape index (κ3) is 4.49. The molecule has 0 spiro atoms. The summed E-state index contributed by atoms with van der Waals surface area (Å²) in [5.74, 6) is -0.277. The molecule has 0 aliphatic heterocycles. The maximum Gasteiger partial charge on any atom is 0.255 e. The molecule has 0 fully saturated rings. The van der Waals surface area contributed by atoms with Crippen LogP contribution >= 0.6 is 15.9 Å². The number of hydrogen-bond donors (Lipinski definition) is 1. The van der Waals surface area contributed by atoms with Gasteiger partial charge in [0.05, 0.1) is 12.7 Å². The summed E-state index contributed by atoms with van der Waals surface area (Å²) in [6.07, 6.45) is 0. The highest BCUT2D eigenvalue weighted by atomic mass is 79.9. The second-order valence-electron chi connectivity index (χ2n) is 6.58. The van der Waals surface area contributed by atoms with Crippen molar-refractivity contribution in [3.63, 3.8) is 0 Å². The van der Waals surface area contributed by atoms with Crippen LogP contribution in [0.2, 0.25) is 0 Å². The minimum absolute atomic E-state index is 0.0614. The number of benzene rings is 3. The Bertz CT molecular complexity index is 1210. The maximum absolute atomic E-state index is 14.6. The number of nitrogens with zero attached hydrogens (tertiary/aromatic N) is 2. The van der Waals surface area contributed by atoms with E-state index in [2.05, 4.69) is 31.4 Å². The van der Waals surface area contributed by atoms with Gasteiger partial charge >= 0.3 is 0 Å². The zero-order valence-corrected chi connectivity index (χ0v) is 18.0. The molecule has 1 heterocycles. The number of rotatable bonds is 6. The number of hydrogen-bond acceptors (Lipinski definition) is 5. The largest absolute Gasteiger partial charge is 0.496 e. The first kappa shape index (κ1) is 20.7. The predicted octanol–water partition coefficient (Wildman–Crippen LogP) is 5.17. The number of halogens is 2. The lowest BCUT2D eigenvalue weighted by Gasteiger charge is -2.17. The van der Waals surface area contributed by atoms with Gasteiger partial charge in [-0.25, -0.2) is 4.39 Å². The van der Waals surface area contributed by atoms with Crippen molar-refractivity contribution in [2.24, 2.45) is 0 Å². The quantitative estimate of drug-likeness (QED) is 0.411. The molecular formula is C23H17BrFN3O3. The number of aromatic nitrogens is 2. The summed E-state index contributed by atoms with van der Waals surface area (Å²) >= 11 is 3.35. The van der Waals surface area contributed by atoms with E-state index in [9.17, 15) is 9.18 Å². The molecule has 0 aliphatic carbocycles. The molecular weight excluding hydrogens is 465 g/mol. The monoisotopic (exact) mass is 481 g/mol. The molecule has 4 aromatic rings. The molecule has 0 saturated carbocycles. The maximum atomic E-state index is 14.6. The average molecular weight is 482 g/mol. The normalized spacial score (nSPS) is 11.7. The Morgan fingerprint density at radius 1 is 1.06 bits per heavy atom. The van der Waals surface area contributed by atoms with Crippen LogP contribution in [0.3, 0.4) is 0 Å². The SMILES string of the molecule is COc1ccc(Br)cc1C(=O)N[C@@H](c1nnc(-c2ccccc2)o1)c1ccccc1F. The first-order valence-electron chi connectivity index (χ1n) is 9.34. The van der Waals surface area contributed by atoms with Gasteiger partial charge in [-0.05, 0) is 36.4 Å². The van der Waals surface area contributed by atoms with Gasteiger partial charge in [0.25, 0.3) is 5.91 Å². The standard InChI is InChI=1S/C23H17BrFN3O3/c1-30-19-12-11-15(24)13-17(19)21(29)26-20(16-9-5-6-10-18(16)25)23-28-27-22(31-23)14-7-3-2-4-8-14/h2-13,20H,1H3,(H,26,29)/t20-/m1/s1. The van der Waals surface area contributed by atoms with Crippen LogP contribution in [0.5, 0.6) is 5.75 Å². The van der Waals surface area contributed by atoms with E-state index in [1.165, 1.54) is 13.2 Å². The predicted molar refractivity (Wildman–Crippen MR) is 116 cm³/mol. The number of ether oxygens (including phenoxy) is 1. The van der Waals surface area contributed by atoms with Crippen LogP contribution in [0, 0.1) is 5.82 Å². The van der Waals surface area contributed by atoms with E-state index in [0.29, 0.717) is 15.8 Å². The molecule has 156 valence electrons. The molecule has 31 heavy (non-hydrogen) atoms. The van der Waals surface area contributed by atoms with Crippen LogP contribution in [0.4, 0.5) is 4.39 Å². The fraction of sp³-hybridized carbons (Fsp3) is 0.0870. The van der Waals surface area contributed by atoms with Gasteiger partial charge in [0, 0.05) is 15.6 Å². The van der Waals surface area contributed by atoms with Crippen molar-refractivity contribution in [2.45, 2.75) is 6.04 Å². The minimum Gasteiger partial charge on any atom is -0.496 e. The molecule has 4 rings (SSSR count). The van der Waals surface area contributed by atoms with Gasteiger partial charge in [0.1, 0.15) is 17.6 Å². The lowest BCUT2D eigenvalue weighted by atomic mass is 10.1. The molecule has 8 heteroatoms. The van der Waals surface area contributed by atoms with Gasteiger partial charge < -0.3 is 14.5 Å². The number of carbonyl (C=O) groups excluding carboxylic acids is 1. The number of methoxy groups -OCH3 is 1. The Labute approximate surface area is 186 Å². The molecule has 6 nitrogen and oxygen atoms in total. The van der Waals surface area contributed by atoms with Crippen LogP contribution in [0.25, 0.3) is 11.5 Å². The highest BCUT2D eigenvalue weighted by Crippen LogP contribution is 2.29. The Kier molecular flexibility index (Phi) is 6.08. The van der Waals surface area contributed by atoms with E-state index in [-0.39, 0.29) is 22.9 Å². The summed E-state index contributed by atoms with van der Waals surface area (Å²) in [5, 5.41) is 10.9. The van der Waals surface area contributed by atoms with Crippen LogP contribution in [0.1, 0.15) is 27.9 Å². The highest BCUT2D eigenvalue weighted by Gasteiger charge is 2.27. The molecule has 1 N–H and O–H groups in total. The smallest absolute Gasteiger partial charge is 0.255 e. The summed E-state index contributed by atoms with van der Waals surface area (Å²) in [7, 11) is 1.47. The first-order chi connectivity index (χ1) is 15.1. The lowest BCUT2D eigenvalue weighted by molar-refractivity contribution is 0.0934. The number of carbonyl (C=O) groups is 1. The Balaban J connectivity index is 1.73. The van der Waals surface area contributed by atoms with Crippen molar-refractivity contribution in [1.82, 2.24) is 15.5 Å². The molecule has 0 radical (unpaired) electrons. The molecule has 1 aromatic heterocycles. The molecule has 0 unspecified atom stereocenters. The number of nitrogens with one attached hydrogen (secondary N) is 1. The van der Waals surface area contributed by atoms with E-state index in [1.807, 2.05) is 30.3 Å². The molecule has 1 amide bonds. The lowest BCUT2D eigenvalue weighted by Crippen LogP contribution is -2.30. The first-order valence-corrected chi connectivity index (χ1v) is 10.1. The van der Waals surface area contributed by atoms with Crippen molar-refractivity contribution < 1.29 is 18.3 Å². The Morgan fingerprint density at radius 3 is 2.55 bits per heavy atom. The summed E-state index contributed by atoms with van der Waals surface area (Å²) in [5.41, 5.74) is 1.20. The average Bonchev–Trinajstić information content (AvgIpc) is 3.28. The third-order valence-electron chi connectivity index (χ3n) is 4.61. The number of amides is 1. The minimum atomic E-state index is -0.998. The summed E-state index contributed by atoms with van der Waals surface area (Å²) in [6.45, 7) is 0. The van der Waals surface area contributed by atoms with Crippen molar-refractivity contribution >= 4 is 21.8 Å². The van der Waals surface area contributed by atoms with Crippen LogP contribution in [-0.4, -0.2) is 23.2 Å². The van der Waals surface area contributed by atoms with Gasteiger partial charge in [-0.1, -0.05) is 52.3 Å². The van der Waals surface area contributed by atoms with Gasteiger partial charge in [-0.15, -0.1) is 10.2 Å².